The standard InChI is InChI=1S/C19H19FN6O.ClH/c20-14-4-6-16-12(10-14)2-1-11-9-13(17(22)27)3-5-15(11)19(16,7-8-21)18-23-25-26-24-18;/h3-6,9-10H,1-2,7-8,21H2,(H2,22,27)(H,23,24,25,26);1H. The van der Waals surface area contributed by atoms with E-state index in [1.54, 1.807) is 18.2 Å². The van der Waals surface area contributed by atoms with E-state index < -0.39 is 11.3 Å². The van der Waals surface area contributed by atoms with Gasteiger partial charge in [0.05, 0.1) is 12.0 Å². The Morgan fingerprint density at radius 2 is 1.86 bits per heavy atom. The Kier molecular flexibility index (Phi) is 5.44. The van der Waals surface area contributed by atoms with Crippen LogP contribution in [0.1, 0.15) is 44.9 Å². The maximum Gasteiger partial charge on any atom is 0.248 e. The largest absolute Gasteiger partial charge is 1.00 e. The molecule has 0 bridgehead atoms. The molecule has 3 aromatic rings. The van der Waals surface area contributed by atoms with Crippen LogP contribution < -0.4 is 23.9 Å². The summed E-state index contributed by atoms with van der Waals surface area (Å²) in [5.74, 6) is -0.254. The molecule has 0 fully saturated rings. The first kappa shape index (κ1) is 19.9. The van der Waals surface area contributed by atoms with Crippen LogP contribution >= 0.6 is 0 Å². The summed E-state index contributed by atoms with van der Waals surface area (Å²) in [4.78, 5) is 11.7. The maximum absolute atomic E-state index is 14.0. The molecule has 9 heteroatoms. The zero-order chi connectivity index (χ0) is 19.0. The fourth-order valence-corrected chi connectivity index (χ4v) is 4.20. The first-order valence-electron chi connectivity index (χ1n) is 8.81. The number of H-pyrrole nitrogens is 1. The number of quaternary nitrogens is 1. The van der Waals surface area contributed by atoms with Crippen molar-refractivity contribution in [3.05, 3.63) is 75.9 Å². The third kappa shape index (κ3) is 3.04. The lowest BCUT2D eigenvalue weighted by Crippen LogP contribution is -3.00. The minimum Gasteiger partial charge on any atom is -1.00 e. The van der Waals surface area contributed by atoms with Gasteiger partial charge in [0.2, 0.25) is 5.91 Å². The maximum atomic E-state index is 14.0. The Bertz CT molecular complexity index is 1010. The van der Waals surface area contributed by atoms with Crippen molar-refractivity contribution in [3.8, 4) is 0 Å². The van der Waals surface area contributed by atoms with E-state index in [-0.39, 0.29) is 18.2 Å². The normalized spacial score (nSPS) is 17.8. The molecule has 146 valence electrons. The van der Waals surface area contributed by atoms with Crippen LogP contribution in [0.2, 0.25) is 0 Å². The van der Waals surface area contributed by atoms with Crippen molar-refractivity contribution < 1.29 is 27.3 Å². The number of carbonyl (C=O) groups is 1. The van der Waals surface area contributed by atoms with Gasteiger partial charge >= 0.3 is 0 Å². The first-order chi connectivity index (χ1) is 13.1. The van der Waals surface area contributed by atoms with Gasteiger partial charge in [-0.2, -0.15) is 5.21 Å². The van der Waals surface area contributed by atoms with Crippen molar-refractivity contribution in [1.82, 2.24) is 20.6 Å². The number of hydrogen-bond donors (Lipinski definition) is 3. The van der Waals surface area contributed by atoms with Crippen LogP contribution in [0.15, 0.2) is 36.4 Å². The van der Waals surface area contributed by atoms with E-state index in [9.17, 15) is 9.18 Å². The van der Waals surface area contributed by atoms with E-state index in [4.69, 9.17) is 5.73 Å². The lowest BCUT2D eigenvalue weighted by atomic mass is 9.69. The molecule has 0 aliphatic heterocycles. The number of carbonyl (C=O) groups excluding carboxylic acids is 1. The van der Waals surface area contributed by atoms with Gasteiger partial charge in [0.1, 0.15) is 5.82 Å². The van der Waals surface area contributed by atoms with Crippen molar-refractivity contribution in [2.24, 2.45) is 5.73 Å². The summed E-state index contributed by atoms with van der Waals surface area (Å²) in [6.07, 6.45) is 1.91. The summed E-state index contributed by atoms with van der Waals surface area (Å²) in [5, 5.41) is 14.9. The van der Waals surface area contributed by atoms with Gasteiger partial charge in [-0.25, -0.2) is 4.39 Å². The molecule has 1 unspecified atom stereocenters. The molecule has 4 rings (SSSR count). The van der Waals surface area contributed by atoms with Crippen molar-refractivity contribution >= 4 is 5.91 Å². The molecule has 1 aliphatic carbocycles. The zero-order valence-corrected chi connectivity index (χ0v) is 15.8. The molecule has 7 nitrogen and oxygen atoms in total. The van der Waals surface area contributed by atoms with E-state index in [1.165, 1.54) is 6.07 Å². The van der Waals surface area contributed by atoms with Crippen molar-refractivity contribution in [3.63, 3.8) is 0 Å². The lowest BCUT2D eigenvalue weighted by molar-refractivity contribution is -0.370. The van der Waals surface area contributed by atoms with Crippen LogP contribution in [0.3, 0.4) is 0 Å². The molecule has 1 aromatic heterocycles. The Morgan fingerprint density at radius 3 is 2.46 bits per heavy atom. The highest BCUT2D eigenvalue weighted by Crippen LogP contribution is 2.45. The van der Waals surface area contributed by atoms with Gasteiger partial charge in [-0.15, -0.1) is 10.2 Å². The van der Waals surface area contributed by atoms with Crippen molar-refractivity contribution in [1.29, 1.82) is 0 Å². The van der Waals surface area contributed by atoms with Gasteiger partial charge in [0.15, 0.2) is 5.82 Å². The monoisotopic (exact) mass is 402 g/mol. The average molecular weight is 403 g/mol. The lowest BCUT2D eigenvalue weighted by Gasteiger charge is -2.32. The summed E-state index contributed by atoms with van der Waals surface area (Å²) >= 11 is 0. The van der Waals surface area contributed by atoms with Gasteiger partial charge in [-0.3, -0.25) is 4.79 Å². The third-order valence-corrected chi connectivity index (χ3v) is 5.32. The number of aromatic nitrogens is 4. The van der Waals surface area contributed by atoms with E-state index in [2.05, 4.69) is 26.4 Å². The Morgan fingerprint density at radius 1 is 1.18 bits per heavy atom. The number of fused-ring (bicyclic) bond motifs is 2. The number of benzene rings is 2. The SMILES string of the molecule is NC(=O)c1ccc2c(c1)CCc1cc(F)ccc1C2(CC[NH3+])c1nn[nH]n1.[Cl-]. The van der Waals surface area contributed by atoms with Crippen molar-refractivity contribution in [2.75, 3.05) is 6.54 Å². The Hall–Kier alpha value is -2.84. The molecular formula is C19H20ClFN6O. The number of nitrogens with zero attached hydrogens (tertiary/aromatic N) is 3. The number of tetrazole rings is 1. The van der Waals surface area contributed by atoms with Crippen LogP contribution in [0.4, 0.5) is 4.39 Å². The summed E-state index contributed by atoms with van der Waals surface area (Å²) in [7, 11) is 0. The molecular weight excluding hydrogens is 383 g/mol. The molecule has 1 amide bonds. The predicted octanol–water partition coefficient (Wildman–Crippen LogP) is -2.49. The van der Waals surface area contributed by atoms with Gasteiger partial charge in [-0.05, 0) is 59.4 Å². The predicted molar refractivity (Wildman–Crippen MR) is 95.2 cm³/mol. The number of rotatable bonds is 4. The molecule has 28 heavy (non-hydrogen) atoms. The highest BCUT2D eigenvalue weighted by Gasteiger charge is 2.44. The number of aromatic amines is 1. The molecule has 0 saturated heterocycles. The molecule has 1 aliphatic rings. The van der Waals surface area contributed by atoms with Gasteiger partial charge < -0.3 is 23.9 Å². The fraction of sp³-hybridized carbons (Fsp3) is 0.263. The molecule has 0 radical (unpaired) electrons. The molecule has 6 N–H and O–H groups in total. The Labute approximate surface area is 167 Å². The second-order valence-corrected chi connectivity index (χ2v) is 6.78. The van der Waals surface area contributed by atoms with E-state index in [0.29, 0.717) is 37.2 Å². The van der Waals surface area contributed by atoms with Crippen LogP contribution in [0, 0.1) is 5.82 Å². The Balaban J connectivity index is 0.00000225. The zero-order valence-electron chi connectivity index (χ0n) is 15.1. The molecule has 0 spiro atoms. The topological polar surface area (TPSA) is 125 Å². The quantitative estimate of drug-likeness (QED) is 0.446. The summed E-state index contributed by atoms with van der Waals surface area (Å²) in [6, 6.07) is 10.3. The summed E-state index contributed by atoms with van der Waals surface area (Å²) in [6.45, 7) is 0.613. The van der Waals surface area contributed by atoms with Gasteiger partial charge in [0.25, 0.3) is 0 Å². The number of primary amides is 1. The van der Waals surface area contributed by atoms with E-state index in [1.807, 2.05) is 12.1 Å². The molecule has 2 aromatic carbocycles. The van der Waals surface area contributed by atoms with E-state index in [0.717, 1.165) is 22.3 Å². The summed E-state index contributed by atoms with van der Waals surface area (Å²) < 4.78 is 14.0. The second-order valence-electron chi connectivity index (χ2n) is 6.78. The first-order valence-corrected chi connectivity index (χ1v) is 8.81. The minimum absolute atomic E-state index is 0. The number of nitrogens with one attached hydrogen (secondary N) is 1. The molecule has 1 heterocycles. The number of aryl methyl sites for hydroxylation is 2. The molecule has 1 atom stereocenters. The number of halogens is 2. The number of nitrogens with two attached hydrogens (primary N) is 1. The summed E-state index contributed by atoms with van der Waals surface area (Å²) in [5.41, 5.74) is 13.0. The van der Waals surface area contributed by atoms with Crippen LogP contribution in [0.25, 0.3) is 0 Å². The van der Waals surface area contributed by atoms with Crippen molar-refractivity contribution in [2.45, 2.75) is 24.7 Å². The van der Waals surface area contributed by atoms with Crippen LogP contribution in [-0.2, 0) is 18.3 Å². The third-order valence-electron chi connectivity index (χ3n) is 5.32. The number of amides is 1. The van der Waals surface area contributed by atoms with Gasteiger partial charge in [0, 0.05) is 12.0 Å². The average Bonchev–Trinajstić information content (AvgIpc) is 3.16. The highest BCUT2D eigenvalue weighted by molar-refractivity contribution is 5.93. The van der Waals surface area contributed by atoms with Crippen LogP contribution in [0.5, 0.6) is 0 Å². The second kappa shape index (κ2) is 7.65. The number of hydrogen-bond acceptors (Lipinski definition) is 4. The smallest absolute Gasteiger partial charge is 0.248 e. The highest BCUT2D eigenvalue weighted by atomic mass is 35.5. The minimum atomic E-state index is -0.722. The van der Waals surface area contributed by atoms with Crippen LogP contribution in [-0.4, -0.2) is 33.1 Å². The van der Waals surface area contributed by atoms with Gasteiger partial charge in [-0.1, -0.05) is 17.3 Å². The van der Waals surface area contributed by atoms with E-state index >= 15 is 0 Å². The fourth-order valence-electron chi connectivity index (χ4n) is 4.20. The molecule has 0 saturated carbocycles.